The Morgan fingerprint density at radius 1 is 1.19 bits per heavy atom. The van der Waals surface area contributed by atoms with Crippen molar-refractivity contribution >= 4 is 17.5 Å². The van der Waals surface area contributed by atoms with Crippen LogP contribution in [0.15, 0.2) is 42.5 Å². The summed E-state index contributed by atoms with van der Waals surface area (Å²) in [5.41, 5.74) is 1.93. The lowest BCUT2D eigenvalue weighted by atomic mass is 9.78. The normalized spacial score (nSPS) is 28.3. The van der Waals surface area contributed by atoms with Gasteiger partial charge in [-0.05, 0) is 49.6 Å². The van der Waals surface area contributed by atoms with Crippen molar-refractivity contribution in [3.8, 4) is 11.5 Å². The number of hydrogen-bond acceptors (Lipinski definition) is 5. The molecule has 31 heavy (non-hydrogen) atoms. The molecule has 7 heteroatoms. The summed E-state index contributed by atoms with van der Waals surface area (Å²) >= 11 is 0. The van der Waals surface area contributed by atoms with Gasteiger partial charge in [-0.3, -0.25) is 14.5 Å². The molecule has 2 aromatic carbocycles. The molecule has 1 spiro atoms. The van der Waals surface area contributed by atoms with Gasteiger partial charge in [-0.2, -0.15) is 0 Å². The third-order valence-electron chi connectivity index (χ3n) is 7.37. The van der Waals surface area contributed by atoms with Crippen LogP contribution in [0.4, 0.5) is 5.69 Å². The maximum Gasteiger partial charge on any atom is 0.252 e. The topological polar surface area (TPSA) is 71.1 Å². The number of nitrogens with zero attached hydrogens (tertiary/aromatic N) is 2. The third-order valence-corrected chi connectivity index (χ3v) is 7.37. The summed E-state index contributed by atoms with van der Waals surface area (Å²) in [4.78, 5) is 31.3. The first-order valence-electron chi connectivity index (χ1n) is 10.9. The van der Waals surface area contributed by atoms with Crippen LogP contribution in [0.1, 0.15) is 30.4 Å². The fourth-order valence-electron chi connectivity index (χ4n) is 6.03. The first kappa shape index (κ1) is 18.7. The highest BCUT2D eigenvalue weighted by atomic mass is 16.7. The molecular weight excluding hydrogens is 394 g/mol. The van der Waals surface area contributed by atoms with E-state index in [4.69, 9.17) is 9.47 Å². The molecule has 0 aliphatic carbocycles. The summed E-state index contributed by atoms with van der Waals surface area (Å²) in [5, 5.41) is 3.11. The average molecular weight is 419 g/mol. The number of amides is 2. The summed E-state index contributed by atoms with van der Waals surface area (Å²) < 4.78 is 10.8. The smallest absolute Gasteiger partial charge is 0.252 e. The summed E-state index contributed by atoms with van der Waals surface area (Å²) in [6.45, 7) is 1.46. The Morgan fingerprint density at radius 3 is 2.94 bits per heavy atom. The van der Waals surface area contributed by atoms with Crippen LogP contribution < -0.4 is 19.7 Å². The second-order valence-electron chi connectivity index (χ2n) is 8.83. The molecule has 4 aliphatic rings. The monoisotopic (exact) mass is 419 g/mol. The van der Waals surface area contributed by atoms with Crippen molar-refractivity contribution in [3.05, 3.63) is 53.6 Å². The van der Waals surface area contributed by atoms with E-state index in [1.165, 1.54) is 0 Å². The largest absolute Gasteiger partial charge is 0.454 e. The number of carbonyl (C=O) groups is 2. The Kier molecular flexibility index (Phi) is 4.05. The second kappa shape index (κ2) is 6.72. The number of fused-ring (bicyclic) bond motifs is 5. The highest BCUT2D eigenvalue weighted by Gasteiger charge is 2.66. The van der Waals surface area contributed by atoms with Crippen LogP contribution in [-0.2, 0) is 21.7 Å². The number of likely N-dealkylation sites (N-methyl/N-ethyl adjacent to an activating group) is 1. The van der Waals surface area contributed by atoms with Crippen LogP contribution in [-0.4, -0.2) is 43.1 Å². The number of rotatable bonds is 3. The van der Waals surface area contributed by atoms with E-state index in [9.17, 15) is 9.59 Å². The standard InChI is InChI=1S/C24H25N3O4/c1-26-19-7-3-2-6-17(19)24(23(26)29)18(12-16-5-4-10-27(16)24)22(28)25-13-15-8-9-20-21(11-15)31-14-30-20/h2-3,6-9,11,16,18H,4-5,10,12-14H2,1H3,(H,25,28). The molecule has 2 amide bonds. The van der Waals surface area contributed by atoms with E-state index in [1.807, 2.05) is 49.5 Å². The van der Waals surface area contributed by atoms with Crippen molar-refractivity contribution in [2.45, 2.75) is 37.4 Å². The summed E-state index contributed by atoms with van der Waals surface area (Å²) in [6.07, 6.45) is 2.81. The number of para-hydroxylation sites is 1. The van der Waals surface area contributed by atoms with Crippen molar-refractivity contribution in [1.82, 2.24) is 10.2 Å². The van der Waals surface area contributed by atoms with E-state index in [2.05, 4.69) is 10.2 Å². The number of benzene rings is 2. The molecule has 160 valence electrons. The molecule has 2 fully saturated rings. The van der Waals surface area contributed by atoms with Gasteiger partial charge in [-0.15, -0.1) is 0 Å². The summed E-state index contributed by atoms with van der Waals surface area (Å²) in [5.74, 6) is 0.963. The maximum absolute atomic E-state index is 13.7. The molecule has 2 aromatic rings. The molecule has 0 radical (unpaired) electrons. The molecule has 4 heterocycles. The highest BCUT2D eigenvalue weighted by molar-refractivity contribution is 6.10. The fraction of sp³-hybridized carbons (Fsp3) is 0.417. The molecule has 6 rings (SSSR count). The van der Waals surface area contributed by atoms with Crippen molar-refractivity contribution < 1.29 is 19.1 Å². The summed E-state index contributed by atoms with van der Waals surface area (Å²) in [7, 11) is 1.82. The van der Waals surface area contributed by atoms with E-state index in [-0.39, 0.29) is 24.6 Å². The fourth-order valence-corrected chi connectivity index (χ4v) is 6.03. The van der Waals surface area contributed by atoms with E-state index in [0.717, 1.165) is 42.0 Å². The van der Waals surface area contributed by atoms with Gasteiger partial charge in [0.25, 0.3) is 5.91 Å². The zero-order valence-corrected chi connectivity index (χ0v) is 17.5. The van der Waals surface area contributed by atoms with Crippen molar-refractivity contribution in [1.29, 1.82) is 0 Å². The SMILES string of the molecule is CN1C(=O)C2(c3ccccc31)C(C(=O)NCc1ccc3c(c1)OCO3)CC1CCCN12. The van der Waals surface area contributed by atoms with Gasteiger partial charge in [-0.25, -0.2) is 0 Å². The Balaban J connectivity index is 1.32. The van der Waals surface area contributed by atoms with Gasteiger partial charge in [0.1, 0.15) is 5.54 Å². The van der Waals surface area contributed by atoms with Gasteiger partial charge in [0, 0.05) is 30.9 Å². The van der Waals surface area contributed by atoms with Crippen LogP contribution in [0.25, 0.3) is 0 Å². The lowest BCUT2D eigenvalue weighted by Crippen LogP contribution is -2.55. The zero-order valence-electron chi connectivity index (χ0n) is 17.5. The molecule has 3 unspecified atom stereocenters. The quantitative estimate of drug-likeness (QED) is 0.827. The Bertz CT molecular complexity index is 1090. The number of carbonyl (C=O) groups excluding carboxylic acids is 2. The Labute approximate surface area is 180 Å². The minimum Gasteiger partial charge on any atom is -0.454 e. The molecule has 0 bridgehead atoms. The highest BCUT2D eigenvalue weighted by Crippen LogP contribution is 2.56. The zero-order chi connectivity index (χ0) is 21.2. The predicted molar refractivity (Wildman–Crippen MR) is 114 cm³/mol. The number of ether oxygens (including phenoxy) is 2. The number of anilines is 1. The van der Waals surface area contributed by atoms with Gasteiger partial charge in [0.2, 0.25) is 12.7 Å². The van der Waals surface area contributed by atoms with Gasteiger partial charge in [-0.1, -0.05) is 24.3 Å². The first-order chi connectivity index (χ1) is 15.1. The van der Waals surface area contributed by atoms with E-state index >= 15 is 0 Å². The summed E-state index contributed by atoms with van der Waals surface area (Å²) in [6, 6.07) is 13.9. The molecule has 7 nitrogen and oxygen atoms in total. The molecular formula is C24H25N3O4. The Hall–Kier alpha value is -3.06. The molecule has 2 saturated heterocycles. The Morgan fingerprint density at radius 2 is 2.03 bits per heavy atom. The van der Waals surface area contributed by atoms with Gasteiger partial charge >= 0.3 is 0 Å². The van der Waals surface area contributed by atoms with Gasteiger partial charge < -0.3 is 19.7 Å². The van der Waals surface area contributed by atoms with Crippen molar-refractivity contribution in [3.63, 3.8) is 0 Å². The van der Waals surface area contributed by atoms with Crippen molar-refractivity contribution in [2.24, 2.45) is 5.92 Å². The average Bonchev–Trinajstić information content (AvgIpc) is 3.54. The maximum atomic E-state index is 13.7. The minimum atomic E-state index is -0.897. The molecule has 4 aliphatic heterocycles. The van der Waals surface area contributed by atoms with Crippen LogP contribution >= 0.6 is 0 Å². The third kappa shape index (κ3) is 2.50. The number of hydrogen-bond donors (Lipinski definition) is 1. The van der Waals surface area contributed by atoms with Gasteiger partial charge in [0.15, 0.2) is 11.5 Å². The first-order valence-corrected chi connectivity index (χ1v) is 10.9. The van der Waals surface area contributed by atoms with Crippen LogP contribution in [0.2, 0.25) is 0 Å². The van der Waals surface area contributed by atoms with Crippen LogP contribution in [0, 0.1) is 5.92 Å². The second-order valence-corrected chi connectivity index (χ2v) is 8.83. The molecule has 1 N–H and O–H groups in total. The molecule has 0 saturated carbocycles. The number of nitrogens with one attached hydrogen (secondary N) is 1. The van der Waals surface area contributed by atoms with E-state index in [0.29, 0.717) is 18.7 Å². The van der Waals surface area contributed by atoms with Crippen LogP contribution in [0.3, 0.4) is 0 Å². The lowest BCUT2D eigenvalue weighted by molar-refractivity contribution is -0.138. The molecule has 3 atom stereocenters. The van der Waals surface area contributed by atoms with Crippen LogP contribution in [0.5, 0.6) is 11.5 Å². The van der Waals surface area contributed by atoms with E-state index in [1.54, 1.807) is 4.90 Å². The predicted octanol–water partition coefficient (Wildman–Crippen LogP) is 2.39. The lowest BCUT2D eigenvalue weighted by Gasteiger charge is -2.37. The van der Waals surface area contributed by atoms with Crippen molar-refractivity contribution in [2.75, 3.05) is 25.3 Å². The van der Waals surface area contributed by atoms with Gasteiger partial charge in [0.05, 0.1) is 5.92 Å². The molecule has 0 aromatic heterocycles. The van der Waals surface area contributed by atoms with E-state index < -0.39 is 11.5 Å². The minimum absolute atomic E-state index is 0.0151.